The van der Waals surface area contributed by atoms with Crippen molar-refractivity contribution in [1.82, 2.24) is 4.31 Å². The zero-order chi connectivity index (χ0) is 24.2. The van der Waals surface area contributed by atoms with Gasteiger partial charge < -0.3 is 14.7 Å². The number of carbonyl (C=O) groups is 1. The van der Waals surface area contributed by atoms with Gasteiger partial charge in [-0.25, -0.2) is 13.2 Å². The summed E-state index contributed by atoms with van der Waals surface area (Å²) in [5.74, 6) is -3.19. The number of nitrogens with zero attached hydrogens (tertiary/aromatic N) is 2. The number of likely N-dealkylation sites (N-methyl/N-ethyl adjacent to an activating group) is 1. The summed E-state index contributed by atoms with van der Waals surface area (Å²) in [6, 6.07) is 12.3. The number of para-hydroxylation sites is 1. The van der Waals surface area contributed by atoms with E-state index in [4.69, 9.17) is 9.84 Å². The standard InChI is InChI=1S/C23H27FN2O5S2/c1-4-5-9-17-14-26(16-10-7-6-8-11-16)19-12-21(32-3)20(31-15-18(24)23(27)28)13-22(19)33(29,30)25(17)2/h6-8,10-13,15,17H,4-5,9,14H2,1-3H3,(H,27,28). The van der Waals surface area contributed by atoms with E-state index in [-0.39, 0.29) is 16.7 Å². The number of thioether (sulfide) groups is 1. The predicted molar refractivity (Wildman–Crippen MR) is 127 cm³/mol. The maximum atomic E-state index is 13.6. The normalized spacial score (nSPS) is 18.5. The zero-order valence-electron chi connectivity index (χ0n) is 18.7. The third kappa shape index (κ3) is 5.34. The molecule has 0 spiro atoms. The fourth-order valence-corrected chi connectivity index (χ4v) is 5.81. The molecule has 0 radical (unpaired) electrons. The van der Waals surface area contributed by atoms with E-state index in [0.29, 0.717) is 29.8 Å². The van der Waals surface area contributed by atoms with Gasteiger partial charge in [0.05, 0.1) is 10.6 Å². The first kappa shape index (κ1) is 25.1. The van der Waals surface area contributed by atoms with Crippen LogP contribution < -0.4 is 9.64 Å². The summed E-state index contributed by atoms with van der Waals surface area (Å²) in [6.45, 7) is 2.53. The van der Waals surface area contributed by atoms with Crippen LogP contribution in [0.2, 0.25) is 0 Å². The highest BCUT2D eigenvalue weighted by atomic mass is 32.2. The second kappa shape index (κ2) is 10.6. The Bertz CT molecular complexity index is 1140. The molecular weight excluding hydrogens is 467 g/mol. The third-order valence-electron chi connectivity index (χ3n) is 5.55. The number of fused-ring (bicyclic) bond motifs is 1. The third-order valence-corrected chi connectivity index (χ3v) is 8.25. The van der Waals surface area contributed by atoms with Crippen molar-refractivity contribution in [2.75, 3.05) is 24.7 Å². The summed E-state index contributed by atoms with van der Waals surface area (Å²) in [6.07, 6.45) is 4.77. The highest BCUT2D eigenvalue weighted by Crippen LogP contribution is 2.43. The second-order valence-corrected chi connectivity index (χ2v) is 10.4. The van der Waals surface area contributed by atoms with Crippen LogP contribution >= 0.6 is 11.8 Å². The first-order chi connectivity index (χ1) is 15.7. The molecule has 10 heteroatoms. The minimum Gasteiger partial charge on any atom is -0.476 e. The van der Waals surface area contributed by atoms with Crippen molar-refractivity contribution in [1.29, 1.82) is 0 Å². The quantitative estimate of drug-likeness (QED) is 0.313. The van der Waals surface area contributed by atoms with Gasteiger partial charge in [0, 0.05) is 31.4 Å². The molecule has 0 aromatic heterocycles. The Morgan fingerprint density at radius 1 is 1.30 bits per heavy atom. The maximum Gasteiger partial charge on any atom is 0.368 e. The van der Waals surface area contributed by atoms with E-state index in [0.717, 1.165) is 18.5 Å². The van der Waals surface area contributed by atoms with Gasteiger partial charge in [-0.05, 0) is 30.9 Å². The molecule has 1 heterocycles. The number of halogens is 1. The summed E-state index contributed by atoms with van der Waals surface area (Å²) in [7, 11) is -2.34. The number of rotatable bonds is 8. The van der Waals surface area contributed by atoms with Crippen LogP contribution in [0, 0.1) is 0 Å². The lowest BCUT2D eigenvalue weighted by molar-refractivity contribution is -0.134. The van der Waals surface area contributed by atoms with Gasteiger partial charge in [0.25, 0.3) is 0 Å². The fraction of sp³-hybridized carbons (Fsp3) is 0.348. The number of unbranched alkanes of at least 4 members (excludes halogenated alkanes) is 1. The van der Waals surface area contributed by atoms with Crippen molar-refractivity contribution in [3.63, 3.8) is 0 Å². The molecule has 33 heavy (non-hydrogen) atoms. The lowest BCUT2D eigenvalue weighted by atomic mass is 10.1. The molecule has 0 aliphatic carbocycles. The minimum atomic E-state index is -3.91. The van der Waals surface area contributed by atoms with Gasteiger partial charge in [-0.1, -0.05) is 38.0 Å². The van der Waals surface area contributed by atoms with E-state index in [1.54, 1.807) is 19.4 Å². The first-order valence-electron chi connectivity index (χ1n) is 10.5. The number of aliphatic carboxylic acids is 1. The molecule has 7 nitrogen and oxygen atoms in total. The number of ether oxygens (including phenoxy) is 1. The Morgan fingerprint density at radius 3 is 2.61 bits per heavy atom. The van der Waals surface area contributed by atoms with Crippen molar-refractivity contribution in [2.24, 2.45) is 0 Å². The van der Waals surface area contributed by atoms with Crippen LogP contribution in [0.4, 0.5) is 15.8 Å². The zero-order valence-corrected chi connectivity index (χ0v) is 20.3. The van der Waals surface area contributed by atoms with E-state index >= 15 is 0 Å². The van der Waals surface area contributed by atoms with Gasteiger partial charge in [-0.15, -0.1) is 11.8 Å². The smallest absolute Gasteiger partial charge is 0.368 e. The number of benzene rings is 2. The molecule has 1 aliphatic heterocycles. The highest BCUT2D eigenvalue weighted by molar-refractivity contribution is 7.98. The number of carboxylic acids is 1. The average molecular weight is 495 g/mol. The molecule has 1 aliphatic rings. The molecular formula is C23H27FN2O5S2. The minimum absolute atomic E-state index is 0.0183. The van der Waals surface area contributed by atoms with Crippen LogP contribution in [-0.2, 0) is 14.8 Å². The van der Waals surface area contributed by atoms with Crippen LogP contribution in [0.3, 0.4) is 0 Å². The lowest BCUT2D eigenvalue weighted by Gasteiger charge is -2.29. The predicted octanol–water partition coefficient (Wildman–Crippen LogP) is 5.01. The topological polar surface area (TPSA) is 87.1 Å². The van der Waals surface area contributed by atoms with Gasteiger partial charge >= 0.3 is 5.97 Å². The second-order valence-electron chi connectivity index (χ2n) is 7.62. The SMILES string of the molecule is CCCCC1CN(c2ccccc2)c2cc(SC)c(OC=C(F)C(=O)O)cc2S(=O)(=O)N1C. The Balaban J connectivity index is 2.21. The Hall–Kier alpha value is -2.56. The van der Waals surface area contributed by atoms with Crippen molar-refractivity contribution in [3.05, 3.63) is 54.6 Å². The summed E-state index contributed by atoms with van der Waals surface area (Å²) >= 11 is 1.29. The van der Waals surface area contributed by atoms with Gasteiger partial charge in [0.15, 0.2) is 0 Å². The maximum absolute atomic E-state index is 13.6. The molecule has 2 aromatic rings. The molecule has 1 N–H and O–H groups in total. The number of hydrogen-bond acceptors (Lipinski definition) is 6. The lowest BCUT2D eigenvalue weighted by Crippen LogP contribution is -2.40. The van der Waals surface area contributed by atoms with E-state index in [1.807, 2.05) is 35.2 Å². The first-order valence-corrected chi connectivity index (χ1v) is 13.2. The van der Waals surface area contributed by atoms with E-state index in [1.165, 1.54) is 22.1 Å². The molecule has 0 amide bonds. The summed E-state index contributed by atoms with van der Waals surface area (Å²) < 4.78 is 47.4. The molecule has 0 fully saturated rings. The monoisotopic (exact) mass is 494 g/mol. The van der Waals surface area contributed by atoms with Crippen LogP contribution in [-0.4, -0.2) is 49.7 Å². The van der Waals surface area contributed by atoms with Gasteiger partial charge in [-0.2, -0.15) is 8.70 Å². The van der Waals surface area contributed by atoms with Crippen molar-refractivity contribution >= 4 is 39.1 Å². The number of carboxylic acid groups (broad SMARTS) is 1. The van der Waals surface area contributed by atoms with Crippen LogP contribution in [0.25, 0.3) is 0 Å². The van der Waals surface area contributed by atoms with Crippen LogP contribution in [0.15, 0.2) is 64.3 Å². The summed E-state index contributed by atoms with van der Waals surface area (Å²) in [5.41, 5.74) is 1.34. The van der Waals surface area contributed by atoms with Crippen LogP contribution in [0.5, 0.6) is 5.75 Å². The molecule has 0 saturated carbocycles. The summed E-state index contributed by atoms with van der Waals surface area (Å²) in [5, 5.41) is 8.76. The van der Waals surface area contributed by atoms with Crippen molar-refractivity contribution < 1.29 is 27.4 Å². The average Bonchev–Trinajstić information content (AvgIpc) is 2.89. The number of sulfonamides is 1. The Labute approximate surface area is 197 Å². The van der Waals surface area contributed by atoms with E-state index in [9.17, 15) is 17.6 Å². The molecule has 0 bridgehead atoms. The largest absolute Gasteiger partial charge is 0.476 e. The number of anilines is 2. The molecule has 1 atom stereocenters. The van der Waals surface area contributed by atoms with Gasteiger partial charge in [-0.3, -0.25) is 0 Å². The van der Waals surface area contributed by atoms with Gasteiger partial charge in [0.1, 0.15) is 16.9 Å². The van der Waals surface area contributed by atoms with Crippen LogP contribution in [0.1, 0.15) is 26.2 Å². The van der Waals surface area contributed by atoms with Gasteiger partial charge in [0.2, 0.25) is 15.9 Å². The molecule has 178 valence electrons. The number of hydrogen-bond donors (Lipinski definition) is 1. The van der Waals surface area contributed by atoms with Crippen molar-refractivity contribution in [3.8, 4) is 5.75 Å². The Kier molecular flexibility index (Phi) is 8.04. The fourth-order valence-electron chi connectivity index (χ4n) is 3.71. The Morgan fingerprint density at radius 2 is 2.00 bits per heavy atom. The van der Waals surface area contributed by atoms with E-state index in [2.05, 4.69) is 6.92 Å². The summed E-state index contributed by atoms with van der Waals surface area (Å²) in [4.78, 5) is 13.3. The van der Waals surface area contributed by atoms with E-state index < -0.39 is 21.8 Å². The molecule has 3 rings (SSSR count). The highest BCUT2D eigenvalue weighted by Gasteiger charge is 2.37. The van der Waals surface area contributed by atoms with Crippen molar-refractivity contribution in [2.45, 2.75) is 42.0 Å². The molecule has 2 aromatic carbocycles. The molecule has 1 unspecified atom stereocenters. The molecule has 0 saturated heterocycles.